The van der Waals surface area contributed by atoms with Crippen molar-refractivity contribution in [3.05, 3.63) is 53.2 Å². The molecule has 1 aromatic heterocycles. The molecule has 1 aliphatic rings. The number of amides is 1. The van der Waals surface area contributed by atoms with Gasteiger partial charge in [-0.3, -0.25) is 4.79 Å². The van der Waals surface area contributed by atoms with Crippen LogP contribution in [0.1, 0.15) is 66.4 Å². The van der Waals surface area contributed by atoms with Crippen molar-refractivity contribution in [3.63, 3.8) is 0 Å². The molecular weight excluding hydrogens is 408 g/mol. The molecule has 172 valence electrons. The monoisotopic (exact) mass is 440 g/mol. The molecule has 7 nitrogen and oxygen atoms in total. The van der Waals surface area contributed by atoms with Crippen molar-refractivity contribution in [2.24, 2.45) is 0 Å². The first-order valence-electron chi connectivity index (χ1n) is 11.2. The van der Waals surface area contributed by atoms with Crippen molar-refractivity contribution < 1.29 is 24.2 Å². The Morgan fingerprint density at radius 2 is 1.84 bits per heavy atom. The number of hydrogen-bond donors (Lipinski definition) is 2. The molecule has 0 atom stereocenters. The number of carboxylic acid groups (broad SMARTS) is 1. The summed E-state index contributed by atoms with van der Waals surface area (Å²) in [7, 11) is 1.49. The van der Waals surface area contributed by atoms with E-state index in [-0.39, 0.29) is 11.4 Å². The summed E-state index contributed by atoms with van der Waals surface area (Å²) in [6.45, 7) is 2.44. The molecule has 1 fully saturated rings. The molecule has 0 bridgehead atoms. The number of rotatable bonds is 8. The van der Waals surface area contributed by atoms with Crippen molar-refractivity contribution in [3.8, 4) is 11.6 Å². The topological polar surface area (TPSA) is 97.8 Å². The third kappa shape index (κ3) is 5.99. The zero-order valence-electron chi connectivity index (χ0n) is 18.9. The molecule has 0 aliphatic heterocycles. The van der Waals surface area contributed by atoms with Crippen LogP contribution >= 0.6 is 0 Å². The number of ether oxygens (including phenoxy) is 2. The molecule has 1 heterocycles. The third-order valence-electron chi connectivity index (χ3n) is 5.97. The summed E-state index contributed by atoms with van der Waals surface area (Å²) in [4.78, 5) is 29.3. The molecule has 2 aromatic rings. The van der Waals surface area contributed by atoms with Crippen molar-refractivity contribution in [2.45, 2.75) is 63.8 Å². The van der Waals surface area contributed by atoms with Gasteiger partial charge in [-0.1, -0.05) is 61.9 Å². The number of carboxylic acids is 1. The maximum atomic E-state index is 13.0. The number of carbonyl (C=O) groups excluding carboxylic acids is 1. The maximum Gasteiger partial charge on any atom is 0.329 e. The van der Waals surface area contributed by atoms with Crippen LogP contribution in [0.2, 0.25) is 0 Å². The summed E-state index contributed by atoms with van der Waals surface area (Å²) < 4.78 is 11.2. The smallest absolute Gasteiger partial charge is 0.329 e. The second-order valence-electron chi connectivity index (χ2n) is 8.43. The lowest BCUT2D eigenvalue weighted by Gasteiger charge is -2.32. The zero-order chi connectivity index (χ0) is 23.0. The molecule has 7 heteroatoms. The van der Waals surface area contributed by atoms with E-state index in [0.29, 0.717) is 31.6 Å². The number of carbonyl (C=O) groups is 2. The Hall–Kier alpha value is -3.09. The molecule has 3 rings (SSSR count). The van der Waals surface area contributed by atoms with Crippen LogP contribution in [0.25, 0.3) is 0 Å². The van der Waals surface area contributed by atoms with E-state index < -0.39 is 17.4 Å². The highest BCUT2D eigenvalue weighted by molar-refractivity contribution is 5.98. The van der Waals surface area contributed by atoms with E-state index in [2.05, 4.69) is 16.4 Å². The number of benzene rings is 1. The third-order valence-corrected chi connectivity index (χ3v) is 5.97. The predicted octanol–water partition coefficient (Wildman–Crippen LogP) is 4.32. The summed E-state index contributed by atoms with van der Waals surface area (Å²) in [5.41, 5.74) is 1.34. The van der Waals surface area contributed by atoms with Crippen LogP contribution in [0, 0.1) is 6.92 Å². The Labute approximate surface area is 189 Å². The van der Waals surface area contributed by atoms with E-state index in [0.717, 1.165) is 37.7 Å². The number of aromatic nitrogens is 1. The van der Waals surface area contributed by atoms with Gasteiger partial charge in [-0.05, 0) is 25.3 Å². The average molecular weight is 441 g/mol. The van der Waals surface area contributed by atoms with Crippen molar-refractivity contribution in [2.75, 3.05) is 13.7 Å². The van der Waals surface area contributed by atoms with Gasteiger partial charge in [0.1, 0.15) is 5.54 Å². The Bertz CT molecular complexity index is 936. The molecular formula is C25H32N2O5. The summed E-state index contributed by atoms with van der Waals surface area (Å²) in [5.74, 6) is -0.810. The molecule has 1 saturated carbocycles. The Morgan fingerprint density at radius 1 is 1.12 bits per heavy atom. The number of aliphatic carboxylic acids is 1. The number of methoxy groups -OCH3 is 1. The minimum atomic E-state index is -1.25. The summed E-state index contributed by atoms with van der Waals surface area (Å²) in [6.07, 6.45) is 7.57. The molecule has 2 N–H and O–H groups in total. The van der Waals surface area contributed by atoms with Crippen LogP contribution in [0.4, 0.5) is 0 Å². The van der Waals surface area contributed by atoms with Gasteiger partial charge in [0.15, 0.2) is 5.75 Å². The normalized spacial score (nSPS) is 15.8. The summed E-state index contributed by atoms with van der Waals surface area (Å²) in [6, 6.07) is 9.75. The van der Waals surface area contributed by atoms with Gasteiger partial charge < -0.3 is 19.9 Å². The molecule has 1 aliphatic carbocycles. The highest BCUT2D eigenvalue weighted by Crippen LogP contribution is 2.29. The highest BCUT2D eigenvalue weighted by atomic mass is 16.5. The average Bonchev–Trinajstić information content (AvgIpc) is 2.75. The zero-order valence-corrected chi connectivity index (χ0v) is 18.9. The highest BCUT2D eigenvalue weighted by Gasteiger charge is 2.39. The van der Waals surface area contributed by atoms with E-state index in [1.54, 1.807) is 6.07 Å². The molecule has 0 unspecified atom stereocenters. The summed E-state index contributed by atoms with van der Waals surface area (Å²) >= 11 is 0. The molecule has 0 spiro atoms. The lowest BCUT2D eigenvalue weighted by atomic mass is 9.83. The Balaban J connectivity index is 1.72. The summed E-state index contributed by atoms with van der Waals surface area (Å²) in [5, 5.41) is 12.7. The lowest BCUT2D eigenvalue weighted by molar-refractivity contribution is -0.145. The van der Waals surface area contributed by atoms with Crippen LogP contribution < -0.4 is 14.8 Å². The van der Waals surface area contributed by atoms with Crippen molar-refractivity contribution >= 4 is 11.9 Å². The SMILES string of the molecule is COc1ncc(C(=O)NC2(C(=O)O)CCCCCCC2)cc1OCCc1cccc(C)c1. The molecule has 32 heavy (non-hydrogen) atoms. The molecule has 1 aromatic carbocycles. The van der Waals surface area contributed by atoms with Gasteiger partial charge >= 0.3 is 5.97 Å². The minimum absolute atomic E-state index is 0.249. The second kappa shape index (κ2) is 11.0. The van der Waals surface area contributed by atoms with E-state index in [1.807, 2.05) is 25.1 Å². The first kappa shape index (κ1) is 23.6. The maximum absolute atomic E-state index is 13.0. The van der Waals surface area contributed by atoms with E-state index in [9.17, 15) is 14.7 Å². The number of hydrogen-bond acceptors (Lipinski definition) is 5. The predicted molar refractivity (Wildman–Crippen MR) is 121 cm³/mol. The van der Waals surface area contributed by atoms with Gasteiger partial charge in [0.05, 0.1) is 19.3 Å². The lowest BCUT2D eigenvalue weighted by Crippen LogP contribution is -2.54. The van der Waals surface area contributed by atoms with E-state index in [4.69, 9.17) is 9.47 Å². The van der Waals surface area contributed by atoms with E-state index >= 15 is 0 Å². The number of nitrogens with zero attached hydrogens (tertiary/aromatic N) is 1. The minimum Gasteiger partial charge on any atom is -0.488 e. The van der Waals surface area contributed by atoms with Crippen LogP contribution in [-0.4, -0.2) is 41.2 Å². The van der Waals surface area contributed by atoms with Gasteiger partial charge in [0.2, 0.25) is 0 Å². The fourth-order valence-electron chi connectivity index (χ4n) is 4.15. The van der Waals surface area contributed by atoms with Gasteiger partial charge in [-0.25, -0.2) is 9.78 Å². The van der Waals surface area contributed by atoms with Crippen molar-refractivity contribution in [1.82, 2.24) is 10.3 Å². The first-order valence-corrected chi connectivity index (χ1v) is 11.2. The van der Waals surface area contributed by atoms with Crippen LogP contribution in [0.15, 0.2) is 36.5 Å². The van der Waals surface area contributed by atoms with Gasteiger partial charge in [-0.2, -0.15) is 0 Å². The van der Waals surface area contributed by atoms with Crippen molar-refractivity contribution in [1.29, 1.82) is 0 Å². The second-order valence-corrected chi connectivity index (χ2v) is 8.43. The fraction of sp³-hybridized carbons (Fsp3) is 0.480. The standard InChI is InChI=1S/C25H32N2O5/c1-18-9-8-10-19(15-18)11-14-32-21-16-20(17-26-23(21)31-2)22(28)27-25(24(29)30)12-6-4-3-5-7-13-25/h8-10,15-17H,3-7,11-14H2,1-2H3,(H,27,28)(H,29,30). The van der Waals surface area contributed by atoms with Crippen LogP contribution in [0.3, 0.4) is 0 Å². The first-order chi connectivity index (χ1) is 15.4. The van der Waals surface area contributed by atoms with Gasteiger partial charge in [0.25, 0.3) is 11.8 Å². The number of pyridine rings is 1. The molecule has 0 radical (unpaired) electrons. The quantitative estimate of drug-likeness (QED) is 0.635. The Kier molecular flexibility index (Phi) is 8.09. The van der Waals surface area contributed by atoms with Crippen LogP contribution in [-0.2, 0) is 11.2 Å². The molecule has 1 amide bonds. The fourth-order valence-corrected chi connectivity index (χ4v) is 4.15. The van der Waals surface area contributed by atoms with Crippen LogP contribution in [0.5, 0.6) is 11.6 Å². The number of aryl methyl sites for hydroxylation is 1. The van der Waals surface area contributed by atoms with E-state index in [1.165, 1.54) is 18.9 Å². The van der Waals surface area contributed by atoms with Gasteiger partial charge in [0, 0.05) is 18.7 Å². The Morgan fingerprint density at radius 3 is 2.50 bits per heavy atom. The number of nitrogens with one attached hydrogen (secondary N) is 1. The molecule has 0 saturated heterocycles. The van der Waals surface area contributed by atoms with Gasteiger partial charge in [-0.15, -0.1) is 0 Å². The largest absolute Gasteiger partial charge is 0.488 e.